The number of nitrogens with zero attached hydrogens (tertiary/aromatic N) is 2. The average Bonchev–Trinajstić information content (AvgIpc) is 2.66. The zero-order chi connectivity index (χ0) is 18.9. The number of anilines is 2. The Morgan fingerprint density at radius 1 is 1.19 bits per heavy atom. The van der Waals surface area contributed by atoms with Gasteiger partial charge in [0.1, 0.15) is 11.5 Å². The summed E-state index contributed by atoms with van der Waals surface area (Å²) in [6.07, 6.45) is 3.65. The molecule has 2 aromatic rings. The highest BCUT2D eigenvalue weighted by molar-refractivity contribution is 6.34. The van der Waals surface area contributed by atoms with Crippen LogP contribution in [0.3, 0.4) is 0 Å². The van der Waals surface area contributed by atoms with Gasteiger partial charge in [-0.1, -0.05) is 11.6 Å². The number of halogens is 1. The molecule has 0 aliphatic rings. The number of ether oxygens (including phenoxy) is 2. The van der Waals surface area contributed by atoms with Gasteiger partial charge in [0.15, 0.2) is 0 Å². The minimum Gasteiger partial charge on any atom is -0.465 e. The monoisotopic (exact) mass is 378 g/mol. The maximum atomic E-state index is 12.3. The number of amides is 1. The second-order valence-corrected chi connectivity index (χ2v) is 5.61. The molecule has 1 amide bonds. The summed E-state index contributed by atoms with van der Waals surface area (Å²) in [6, 6.07) is 4.45. The Bertz CT molecular complexity index is 768. The minimum absolute atomic E-state index is 0.118. The molecule has 9 heteroatoms. The highest BCUT2D eigenvalue weighted by atomic mass is 35.5. The molecule has 0 spiro atoms. The van der Waals surface area contributed by atoms with E-state index in [4.69, 9.17) is 16.3 Å². The number of hydrogen-bond acceptors (Lipinski definition) is 7. The summed E-state index contributed by atoms with van der Waals surface area (Å²) in [4.78, 5) is 32.1. The summed E-state index contributed by atoms with van der Waals surface area (Å²) in [7, 11) is 2.91. The number of carbonyl (C=O) groups is 2. The Labute approximate surface area is 155 Å². The van der Waals surface area contributed by atoms with Gasteiger partial charge in [-0.15, -0.1) is 0 Å². The van der Waals surface area contributed by atoms with Crippen molar-refractivity contribution in [3.63, 3.8) is 0 Å². The van der Waals surface area contributed by atoms with Crippen LogP contribution in [0.2, 0.25) is 5.02 Å². The van der Waals surface area contributed by atoms with E-state index in [1.807, 2.05) is 0 Å². The Kier molecular flexibility index (Phi) is 7.31. The Morgan fingerprint density at radius 3 is 2.65 bits per heavy atom. The average molecular weight is 379 g/mol. The minimum atomic E-state index is -0.527. The normalized spacial score (nSPS) is 10.3. The summed E-state index contributed by atoms with van der Waals surface area (Å²) in [5.41, 5.74) is 0.670. The van der Waals surface area contributed by atoms with Crippen molar-refractivity contribution in [2.75, 3.05) is 38.0 Å². The van der Waals surface area contributed by atoms with Crippen molar-refractivity contribution in [1.82, 2.24) is 9.97 Å². The molecule has 1 aromatic heterocycles. The van der Waals surface area contributed by atoms with Gasteiger partial charge in [0.05, 0.1) is 35.8 Å². The van der Waals surface area contributed by atoms with Crippen molar-refractivity contribution < 1.29 is 19.1 Å². The molecule has 8 nitrogen and oxygen atoms in total. The smallest absolute Gasteiger partial charge is 0.337 e. The van der Waals surface area contributed by atoms with Crippen LogP contribution in [0.5, 0.6) is 0 Å². The third-order valence-corrected chi connectivity index (χ3v) is 3.68. The first kappa shape index (κ1) is 19.6. The molecule has 0 unspecified atom stereocenters. The number of carbonyl (C=O) groups excluding carboxylic acids is 2. The van der Waals surface area contributed by atoms with Crippen molar-refractivity contribution in [3.05, 3.63) is 46.9 Å². The maximum Gasteiger partial charge on any atom is 0.337 e. The lowest BCUT2D eigenvalue weighted by Gasteiger charge is -2.09. The fraction of sp³-hybridized carbons (Fsp3) is 0.294. The molecular formula is C17H19ClN4O4. The molecule has 2 rings (SSSR count). The number of rotatable bonds is 8. The van der Waals surface area contributed by atoms with Crippen LogP contribution in [0.1, 0.15) is 27.3 Å². The fourth-order valence-corrected chi connectivity index (χ4v) is 2.19. The lowest BCUT2D eigenvalue weighted by Crippen LogP contribution is -2.15. The van der Waals surface area contributed by atoms with E-state index in [1.54, 1.807) is 7.11 Å². The summed E-state index contributed by atoms with van der Waals surface area (Å²) < 4.78 is 9.61. The van der Waals surface area contributed by atoms with Crippen LogP contribution < -0.4 is 10.6 Å². The molecule has 0 fully saturated rings. The van der Waals surface area contributed by atoms with E-state index in [1.165, 1.54) is 37.7 Å². The molecule has 1 aromatic carbocycles. The van der Waals surface area contributed by atoms with E-state index in [9.17, 15) is 9.59 Å². The SMILES string of the molecule is COCCCNc1cnc(C(=O)Nc2cc(C(=O)OC)ccc2Cl)cn1. The Hall–Kier alpha value is -2.71. The molecule has 138 valence electrons. The Morgan fingerprint density at radius 2 is 2.00 bits per heavy atom. The van der Waals surface area contributed by atoms with E-state index < -0.39 is 11.9 Å². The van der Waals surface area contributed by atoms with Gasteiger partial charge in [0.25, 0.3) is 5.91 Å². The van der Waals surface area contributed by atoms with Crippen LogP contribution in [0.25, 0.3) is 0 Å². The summed E-state index contributed by atoms with van der Waals surface area (Å²) in [5.74, 6) is -0.461. The molecular weight excluding hydrogens is 360 g/mol. The van der Waals surface area contributed by atoms with E-state index in [0.717, 1.165) is 6.42 Å². The second kappa shape index (κ2) is 9.69. The van der Waals surface area contributed by atoms with Crippen LogP contribution >= 0.6 is 11.6 Å². The van der Waals surface area contributed by atoms with Crippen LogP contribution in [0.4, 0.5) is 11.5 Å². The van der Waals surface area contributed by atoms with Gasteiger partial charge >= 0.3 is 5.97 Å². The number of esters is 1. The van der Waals surface area contributed by atoms with Crippen molar-refractivity contribution in [1.29, 1.82) is 0 Å². The number of aromatic nitrogens is 2. The van der Waals surface area contributed by atoms with Gasteiger partial charge in [-0.3, -0.25) is 4.79 Å². The highest BCUT2D eigenvalue weighted by Crippen LogP contribution is 2.24. The molecule has 2 N–H and O–H groups in total. The largest absolute Gasteiger partial charge is 0.465 e. The fourth-order valence-electron chi connectivity index (χ4n) is 2.02. The van der Waals surface area contributed by atoms with Crippen LogP contribution in [-0.4, -0.2) is 49.2 Å². The summed E-state index contributed by atoms with van der Waals surface area (Å²) >= 11 is 6.06. The molecule has 0 bridgehead atoms. The number of methoxy groups -OCH3 is 2. The number of nitrogens with one attached hydrogen (secondary N) is 2. The standard InChI is InChI=1S/C17H19ClN4O4/c1-25-7-3-6-19-15-10-20-14(9-21-15)16(23)22-13-8-11(17(24)26-2)4-5-12(13)18/h4-5,8-10H,3,6-7H2,1-2H3,(H,19,21)(H,22,23). The van der Waals surface area contributed by atoms with Gasteiger partial charge in [-0.25, -0.2) is 14.8 Å². The summed E-state index contributed by atoms with van der Waals surface area (Å²) in [5, 5.41) is 5.97. The molecule has 0 saturated heterocycles. The van der Waals surface area contributed by atoms with Crippen molar-refractivity contribution in [3.8, 4) is 0 Å². The zero-order valence-corrected chi connectivity index (χ0v) is 15.2. The molecule has 26 heavy (non-hydrogen) atoms. The Balaban J connectivity index is 2.02. The van der Waals surface area contributed by atoms with Crippen LogP contribution in [0, 0.1) is 0 Å². The molecule has 1 heterocycles. The van der Waals surface area contributed by atoms with E-state index in [0.29, 0.717) is 19.0 Å². The second-order valence-electron chi connectivity index (χ2n) is 5.20. The van der Waals surface area contributed by atoms with Gasteiger partial charge in [0.2, 0.25) is 0 Å². The van der Waals surface area contributed by atoms with Crippen molar-refractivity contribution >= 4 is 35.0 Å². The first-order valence-corrected chi connectivity index (χ1v) is 8.17. The first-order chi connectivity index (χ1) is 12.5. The van der Waals surface area contributed by atoms with Gasteiger partial charge in [-0.05, 0) is 24.6 Å². The van der Waals surface area contributed by atoms with Crippen molar-refractivity contribution in [2.24, 2.45) is 0 Å². The van der Waals surface area contributed by atoms with Crippen molar-refractivity contribution in [2.45, 2.75) is 6.42 Å². The number of hydrogen-bond donors (Lipinski definition) is 2. The molecule has 0 aliphatic heterocycles. The number of benzene rings is 1. The lowest BCUT2D eigenvalue weighted by atomic mass is 10.2. The van der Waals surface area contributed by atoms with E-state index in [2.05, 4.69) is 25.3 Å². The predicted octanol–water partition coefficient (Wildman–Crippen LogP) is 2.62. The maximum absolute atomic E-state index is 12.3. The van der Waals surface area contributed by atoms with Crippen LogP contribution in [-0.2, 0) is 9.47 Å². The quantitative estimate of drug-likeness (QED) is 0.537. The first-order valence-electron chi connectivity index (χ1n) is 7.79. The van der Waals surface area contributed by atoms with E-state index in [-0.39, 0.29) is 22.0 Å². The van der Waals surface area contributed by atoms with Gasteiger partial charge in [-0.2, -0.15) is 0 Å². The van der Waals surface area contributed by atoms with Gasteiger partial charge in [0, 0.05) is 20.3 Å². The van der Waals surface area contributed by atoms with E-state index >= 15 is 0 Å². The third kappa shape index (κ3) is 5.40. The molecule has 0 aliphatic carbocycles. The zero-order valence-electron chi connectivity index (χ0n) is 14.4. The molecule has 0 radical (unpaired) electrons. The lowest BCUT2D eigenvalue weighted by molar-refractivity contribution is 0.0600. The molecule has 0 atom stereocenters. The van der Waals surface area contributed by atoms with Crippen LogP contribution in [0.15, 0.2) is 30.6 Å². The van der Waals surface area contributed by atoms with Gasteiger partial charge < -0.3 is 20.1 Å². The molecule has 0 saturated carbocycles. The summed E-state index contributed by atoms with van der Waals surface area (Å²) in [6.45, 7) is 1.33. The third-order valence-electron chi connectivity index (χ3n) is 3.35. The highest BCUT2D eigenvalue weighted by Gasteiger charge is 2.13. The predicted molar refractivity (Wildman–Crippen MR) is 97.8 cm³/mol. The topological polar surface area (TPSA) is 102 Å².